The summed E-state index contributed by atoms with van der Waals surface area (Å²) in [6, 6.07) is 4.71. The highest BCUT2D eigenvalue weighted by Crippen LogP contribution is 2.41. The lowest BCUT2D eigenvalue weighted by Crippen LogP contribution is -2.00. The third-order valence-corrected chi connectivity index (χ3v) is 5.17. The zero-order chi connectivity index (χ0) is 24.2. The third-order valence-electron chi connectivity index (χ3n) is 3.71. The van der Waals surface area contributed by atoms with Crippen LogP contribution in [0.5, 0.6) is 0 Å². The summed E-state index contributed by atoms with van der Waals surface area (Å²) in [6.45, 7) is 0. The molecule has 4 aromatic rings. The van der Waals surface area contributed by atoms with E-state index in [-0.39, 0.29) is 35.1 Å². The minimum absolute atomic E-state index is 0.0506. The van der Waals surface area contributed by atoms with Crippen LogP contribution >= 0.6 is 104 Å². The van der Waals surface area contributed by atoms with E-state index in [0.717, 1.165) is 0 Å². The third kappa shape index (κ3) is 5.74. The number of halogens is 9. The highest BCUT2D eigenvalue weighted by Gasteiger charge is 2.33. The van der Waals surface area contributed by atoms with Gasteiger partial charge in [-0.3, -0.25) is 0 Å². The van der Waals surface area contributed by atoms with Crippen molar-refractivity contribution in [3.05, 3.63) is 35.9 Å². The van der Waals surface area contributed by atoms with Crippen LogP contribution < -0.4 is 0 Å². The molecule has 33 heavy (non-hydrogen) atoms. The number of rotatable bonds is 3. The van der Waals surface area contributed by atoms with Crippen molar-refractivity contribution < 1.29 is 13.6 Å². The largest absolute Gasteiger partial charge is 0.334 e. The molecule has 1 aromatic carbocycles. The van der Waals surface area contributed by atoms with E-state index in [1.165, 1.54) is 0 Å². The molecule has 0 aliphatic heterocycles. The summed E-state index contributed by atoms with van der Waals surface area (Å²) in [5.74, 6) is -0.625. The summed E-state index contributed by atoms with van der Waals surface area (Å²) >= 11 is 52.2. The number of nitrogens with zero attached hydrogens (tertiary/aromatic N) is 6. The Bertz CT molecular complexity index is 1130. The molecule has 174 valence electrons. The summed E-state index contributed by atoms with van der Waals surface area (Å²) in [5.41, 5.74) is 1.06. The van der Waals surface area contributed by atoms with E-state index in [1.54, 1.807) is 18.2 Å². The van der Waals surface area contributed by atoms with Crippen molar-refractivity contribution in [3.8, 4) is 34.2 Å². The van der Waals surface area contributed by atoms with Gasteiger partial charge in [-0.05, 0) is 18.2 Å². The topological polar surface area (TPSA) is 117 Å². The molecule has 4 rings (SSSR count). The highest BCUT2D eigenvalue weighted by atomic mass is 35.6. The maximum absolute atomic E-state index is 5.80. The fraction of sp³-hybridized carbons (Fsp3) is 0.200. The Hall–Kier alpha value is -0.750. The van der Waals surface area contributed by atoms with Crippen LogP contribution in [0.4, 0.5) is 0 Å². The molecule has 0 fully saturated rings. The van der Waals surface area contributed by atoms with Gasteiger partial charge in [-0.2, -0.15) is 15.0 Å². The van der Waals surface area contributed by atoms with Crippen LogP contribution in [-0.4, -0.2) is 30.4 Å². The molecule has 0 bridgehead atoms. The Morgan fingerprint density at radius 2 is 0.697 bits per heavy atom. The van der Waals surface area contributed by atoms with Crippen LogP contribution in [0.15, 0.2) is 31.8 Å². The molecule has 0 unspecified atom stereocenters. The van der Waals surface area contributed by atoms with Crippen LogP contribution in [-0.2, 0) is 11.4 Å². The fourth-order valence-electron chi connectivity index (χ4n) is 2.38. The van der Waals surface area contributed by atoms with Crippen molar-refractivity contribution in [3.63, 3.8) is 0 Å². The average molecular weight is 634 g/mol. The van der Waals surface area contributed by atoms with Crippen molar-refractivity contribution in [2.45, 2.75) is 11.4 Å². The van der Waals surface area contributed by atoms with Gasteiger partial charge in [0.05, 0.1) is 0 Å². The van der Waals surface area contributed by atoms with Crippen molar-refractivity contribution in [2.24, 2.45) is 0 Å². The molecule has 0 saturated carbocycles. The van der Waals surface area contributed by atoms with Gasteiger partial charge in [0.25, 0.3) is 29.0 Å². The lowest BCUT2D eigenvalue weighted by Gasteiger charge is -2.04. The van der Waals surface area contributed by atoms with E-state index < -0.39 is 11.4 Å². The molecule has 3 aromatic heterocycles. The molecule has 0 aliphatic carbocycles. The first-order valence-corrected chi connectivity index (χ1v) is 11.5. The predicted molar refractivity (Wildman–Crippen MR) is 124 cm³/mol. The SMILES string of the molecule is ClC(Cl)(Cl)c1nc(-c2cc(-c3noc(C(Cl)(Cl)Cl)n3)cc(-c3noc(C(Cl)(Cl)Cl)n3)c2)no1. The van der Waals surface area contributed by atoms with Crippen LogP contribution in [0, 0.1) is 0 Å². The van der Waals surface area contributed by atoms with Gasteiger partial charge in [-0.25, -0.2) is 0 Å². The molecule has 0 spiro atoms. The molecule has 0 saturated heterocycles. The van der Waals surface area contributed by atoms with Crippen LogP contribution in [0.3, 0.4) is 0 Å². The van der Waals surface area contributed by atoms with E-state index in [1.807, 2.05) is 0 Å². The monoisotopic (exact) mass is 630 g/mol. The Labute approximate surface area is 228 Å². The summed E-state index contributed by atoms with van der Waals surface area (Å²) in [6.07, 6.45) is 0. The standard InChI is InChI=1S/C15H3Cl9N6O3/c16-13(17,18)10-25-7(28-31-10)4-1-5(8-26-11(32-29-8)14(19,20)21)3-6(2-4)9-27-12(33-30-9)15(22,23)24/h1-3H. The minimum Gasteiger partial charge on any atom is -0.334 e. The van der Waals surface area contributed by atoms with Gasteiger partial charge < -0.3 is 13.6 Å². The first-order chi connectivity index (χ1) is 15.2. The smallest absolute Gasteiger partial charge is 0.279 e. The minimum atomic E-state index is -1.94. The first-order valence-electron chi connectivity index (χ1n) is 8.11. The lowest BCUT2D eigenvalue weighted by molar-refractivity contribution is 0.383. The molecule has 0 amide bonds. The van der Waals surface area contributed by atoms with Gasteiger partial charge in [0.15, 0.2) is 0 Å². The van der Waals surface area contributed by atoms with E-state index in [9.17, 15) is 0 Å². The van der Waals surface area contributed by atoms with Gasteiger partial charge in [0, 0.05) is 16.7 Å². The van der Waals surface area contributed by atoms with E-state index in [2.05, 4.69) is 30.4 Å². The van der Waals surface area contributed by atoms with Crippen molar-refractivity contribution >= 4 is 104 Å². The molecule has 0 radical (unpaired) electrons. The molecule has 3 heterocycles. The van der Waals surface area contributed by atoms with E-state index in [4.69, 9.17) is 118 Å². The van der Waals surface area contributed by atoms with E-state index >= 15 is 0 Å². The van der Waals surface area contributed by atoms with E-state index in [0.29, 0.717) is 16.7 Å². The summed E-state index contributed by atoms with van der Waals surface area (Å²) in [4.78, 5) is 12.2. The van der Waals surface area contributed by atoms with Gasteiger partial charge in [0.1, 0.15) is 0 Å². The summed E-state index contributed by atoms with van der Waals surface area (Å²) in [7, 11) is 0. The number of benzene rings is 1. The average Bonchev–Trinajstić information content (AvgIpc) is 3.46. The second-order valence-electron chi connectivity index (χ2n) is 6.06. The number of hydrogen-bond donors (Lipinski definition) is 0. The van der Waals surface area contributed by atoms with Crippen LogP contribution in [0.2, 0.25) is 0 Å². The number of alkyl halides is 9. The quantitative estimate of drug-likeness (QED) is 0.214. The van der Waals surface area contributed by atoms with Gasteiger partial charge >= 0.3 is 0 Å². The Kier molecular flexibility index (Phi) is 6.94. The molecule has 0 N–H and O–H groups in total. The first kappa shape index (κ1) is 25.3. The van der Waals surface area contributed by atoms with Crippen molar-refractivity contribution in [2.75, 3.05) is 0 Å². The maximum atomic E-state index is 5.80. The predicted octanol–water partition coefficient (Wildman–Crippen LogP) is 7.32. The zero-order valence-electron chi connectivity index (χ0n) is 15.0. The second kappa shape index (κ2) is 9.04. The Morgan fingerprint density at radius 1 is 0.455 bits per heavy atom. The normalized spacial score (nSPS) is 13.0. The van der Waals surface area contributed by atoms with Crippen LogP contribution in [0.1, 0.15) is 17.7 Å². The van der Waals surface area contributed by atoms with Crippen molar-refractivity contribution in [1.82, 2.24) is 30.4 Å². The molecule has 9 nitrogen and oxygen atoms in total. The van der Waals surface area contributed by atoms with Gasteiger partial charge in [-0.1, -0.05) is 120 Å². The second-order valence-corrected chi connectivity index (χ2v) is 12.9. The highest BCUT2D eigenvalue weighted by molar-refractivity contribution is 6.67. The molecule has 0 atom stereocenters. The Morgan fingerprint density at radius 3 is 0.879 bits per heavy atom. The van der Waals surface area contributed by atoms with Crippen molar-refractivity contribution in [1.29, 1.82) is 0 Å². The number of hydrogen-bond acceptors (Lipinski definition) is 9. The molecule has 0 aliphatic rings. The summed E-state index contributed by atoms with van der Waals surface area (Å²) in [5, 5.41) is 11.5. The number of aromatic nitrogens is 6. The fourth-order valence-corrected chi connectivity index (χ4v) is 3.07. The van der Waals surface area contributed by atoms with Crippen LogP contribution in [0.25, 0.3) is 34.2 Å². The molecule has 18 heteroatoms. The van der Waals surface area contributed by atoms with Gasteiger partial charge in [0.2, 0.25) is 17.5 Å². The maximum Gasteiger partial charge on any atom is 0.279 e. The molecular weight excluding hydrogens is 631 g/mol. The molecular formula is C15H3Cl9N6O3. The summed E-state index contributed by atoms with van der Waals surface area (Å²) < 4.78 is 9.22. The Balaban J connectivity index is 1.85. The zero-order valence-corrected chi connectivity index (χ0v) is 21.8. The van der Waals surface area contributed by atoms with Gasteiger partial charge in [-0.15, -0.1) is 0 Å². The lowest BCUT2D eigenvalue weighted by atomic mass is 10.0.